The van der Waals surface area contributed by atoms with Gasteiger partial charge in [-0.3, -0.25) is 14.3 Å². The van der Waals surface area contributed by atoms with E-state index >= 15 is 0 Å². The number of rotatable bonds is 4. The number of amides is 2. The number of carbonyl (C=O) groups is 2. The molecule has 8 heteroatoms. The van der Waals surface area contributed by atoms with Crippen molar-refractivity contribution in [2.45, 2.75) is 37.3 Å². The largest absolute Gasteiger partial charge is 0.341 e. The van der Waals surface area contributed by atoms with E-state index < -0.39 is 5.54 Å². The molecular weight excluding hydrogens is 402 g/mol. The van der Waals surface area contributed by atoms with Gasteiger partial charge in [-0.05, 0) is 57.0 Å². The van der Waals surface area contributed by atoms with Gasteiger partial charge < -0.3 is 15.1 Å². The van der Waals surface area contributed by atoms with E-state index in [4.69, 9.17) is 0 Å². The maximum Gasteiger partial charge on any atom is 0.253 e. The minimum Gasteiger partial charge on any atom is -0.341 e. The van der Waals surface area contributed by atoms with Gasteiger partial charge in [0.1, 0.15) is 5.54 Å². The highest BCUT2D eigenvalue weighted by atomic mass is 35.5. The van der Waals surface area contributed by atoms with E-state index in [0.29, 0.717) is 13.1 Å². The molecule has 1 aromatic carbocycles. The first-order valence-electron chi connectivity index (χ1n) is 10.4. The molecule has 2 aliphatic heterocycles. The number of piperidine rings is 2. The zero-order chi connectivity index (χ0) is 20.3. The third kappa shape index (κ3) is 4.23. The molecule has 0 spiro atoms. The van der Waals surface area contributed by atoms with Gasteiger partial charge in [0.2, 0.25) is 0 Å². The monoisotopic (exact) mass is 431 g/mol. The standard InChI is InChI=1S/C22H29N5O2.ClH/c1-25(21(29)22(10-13-23-14-11-22)27-15-5-12-24-27)19-8-16-26(17-9-19)20(28)18-6-3-2-4-7-18;/h2-7,12,15,19,23H,8-11,13-14,16-17H2,1H3;1H. The Bertz CT molecular complexity index is 828. The lowest BCUT2D eigenvalue weighted by molar-refractivity contribution is -0.144. The first-order valence-corrected chi connectivity index (χ1v) is 10.4. The van der Waals surface area contributed by atoms with Crippen LogP contribution in [0, 0.1) is 0 Å². The summed E-state index contributed by atoms with van der Waals surface area (Å²) >= 11 is 0. The lowest BCUT2D eigenvalue weighted by atomic mass is 9.86. The average molecular weight is 432 g/mol. The quantitative estimate of drug-likeness (QED) is 0.805. The molecule has 0 radical (unpaired) electrons. The number of halogens is 1. The number of likely N-dealkylation sites (N-methyl/N-ethyl adjacent to an activating group) is 1. The predicted molar refractivity (Wildman–Crippen MR) is 118 cm³/mol. The van der Waals surface area contributed by atoms with Crippen LogP contribution in [0.5, 0.6) is 0 Å². The van der Waals surface area contributed by atoms with E-state index in [1.165, 1.54) is 0 Å². The summed E-state index contributed by atoms with van der Waals surface area (Å²) in [6.07, 6.45) is 6.72. The first kappa shape index (κ1) is 22.3. The third-order valence-electron chi connectivity index (χ3n) is 6.41. The number of hydrogen-bond acceptors (Lipinski definition) is 4. The number of likely N-dealkylation sites (tertiary alicyclic amines) is 1. The van der Waals surface area contributed by atoms with Gasteiger partial charge in [-0.1, -0.05) is 18.2 Å². The van der Waals surface area contributed by atoms with Gasteiger partial charge in [0.05, 0.1) is 0 Å². The van der Waals surface area contributed by atoms with E-state index in [1.807, 2.05) is 64.1 Å². The molecular formula is C22H30ClN5O2. The number of carbonyl (C=O) groups excluding carboxylic acids is 2. The van der Waals surface area contributed by atoms with Crippen molar-refractivity contribution in [1.82, 2.24) is 24.9 Å². The molecule has 2 aliphatic rings. The molecule has 162 valence electrons. The molecule has 0 atom stereocenters. The van der Waals surface area contributed by atoms with Crippen molar-refractivity contribution in [2.24, 2.45) is 0 Å². The van der Waals surface area contributed by atoms with Crippen LogP contribution in [0.15, 0.2) is 48.8 Å². The molecule has 2 aromatic rings. The van der Waals surface area contributed by atoms with E-state index in [9.17, 15) is 9.59 Å². The third-order valence-corrected chi connectivity index (χ3v) is 6.41. The van der Waals surface area contributed by atoms with Crippen molar-refractivity contribution in [3.8, 4) is 0 Å². The summed E-state index contributed by atoms with van der Waals surface area (Å²) in [5, 5.41) is 7.77. The smallest absolute Gasteiger partial charge is 0.253 e. The Hall–Kier alpha value is -2.38. The first-order chi connectivity index (χ1) is 14.1. The van der Waals surface area contributed by atoms with Gasteiger partial charge >= 0.3 is 0 Å². The van der Waals surface area contributed by atoms with Crippen molar-refractivity contribution in [1.29, 1.82) is 0 Å². The summed E-state index contributed by atoms with van der Waals surface area (Å²) in [7, 11) is 1.91. The van der Waals surface area contributed by atoms with Crippen LogP contribution in [0.2, 0.25) is 0 Å². The Balaban J connectivity index is 0.00000256. The van der Waals surface area contributed by atoms with Gasteiger partial charge in [0, 0.05) is 44.1 Å². The normalized spacial score (nSPS) is 19.0. The topological polar surface area (TPSA) is 70.5 Å². The highest BCUT2D eigenvalue weighted by Gasteiger charge is 2.45. The Morgan fingerprint density at radius 2 is 1.77 bits per heavy atom. The predicted octanol–water partition coefficient (Wildman–Crippen LogP) is 2.15. The molecule has 0 saturated carbocycles. The number of aromatic nitrogens is 2. The lowest BCUT2D eigenvalue weighted by Gasteiger charge is -2.43. The number of benzene rings is 1. The summed E-state index contributed by atoms with van der Waals surface area (Å²) in [6, 6.07) is 11.4. The molecule has 0 bridgehead atoms. The molecule has 2 fully saturated rings. The van der Waals surface area contributed by atoms with E-state index in [-0.39, 0.29) is 30.3 Å². The van der Waals surface area contributed by atoms with Crippen molar-refractivity contribution >= 4 is 24.2 Å². The highest BCUT2D eigenvalue weighted by Crippen LogP contribution is 2.31. The van der Waals surface area contributed by atoms with Gasteiger partial charge in [-0.25, -0.2) is 0 Å². The van der Waals surface area contributed by atoms with Gasteiger partial charge in [-0.2, -0.15) is 5.10 Å². The van der Waals surface area contributed by atoms with Gasteiger partial charge in [-0.15, -0.1) is 12.4 Å². The Morgan fingerprint density at radius 1 is 1.10 bits per heavy atom. The Labute approximate surface area is 183 Å². The zero-order valence-electron chi connectivity index (χ0n) is 17.4. The molecule has 30 heavy (non-hydrogen) atoms. The maximum absolute atomic E-state index is 13.6. The second-order valence-corrected chi connectivity index (χ2v) is 8.04. The van der Waals surface area contributed by atoms with Crippen molar-refractivity contribution in [2.75, 3.05) is 33.2 Å². The lowest BCUT2D eigenvalue weighted by Crippen LogP contribution is -2.58. The van der Waals surface area contributed by atoms with Crippen LogP contribution < -0.4 is 5.32 Å². The van der Waals surface area contributed by atoms with Crippen LogP contribution in [0.4, 0.5) is 0 Å². The summed E-state index contributed by atoms with van der Waals surface area (Å²) in [5.41, 5.74) is 0.114. The van der Waals surface area contributed by atoms with Crippen LogP contribution in [-0.4, -0.2) is 70.7 Å². The average Bonchev–Trinajstić information content (AvgIpc) is 3.34. The van der Waals surface area contributed by atoms with Crippen LogP contribution >= 0.6 is 12.4 Å². The highest BCUT2D eigenvalue weighted by molar-refractivity contribution is 5.94. The van der Waals surface area contributed by atoms with Crippen LogP contribution in [-0.2, 0) is 10.3 Å². The fourth-order valence-corrected chi connectivity index (χ4v) is 4.62. The van der Waals surface area contributed by atoms with Crippen LogP contribution in [0.1, 0.15) is 36.0 Å². The van der Waals surface area contributed by atoms with Gasteiger partial charge in [0.15, 0.2) is 0 Å². The molecule has 0 unspecified atom stereocenters. The summed E-state index contributed by atoms with van der Waals surface area (Å²) in [4.78, 5) is 30.1. The Morgan fingerprint density at radius 3 is 2.37 bits per heavy atom. The van der Waals surface area contributed by atoms with Crippen molar-refractivity contribution < 1.29 is 9.59 Å². The van der Waals surface area contributed by atoms with Gasteiger partial charge in [0.25, 0.3) is 11.8 Å². The Kier molecular flexibility index (Phi) is 7.15. The van der Waals surface area contributed by atoms with E-state index in [1.54, 1.807) is 6.20 Å². The molecule has 0 aliphatic carbocycles. The van der Waals surface area contributed by atoms with Crippen LogP contribution in [0.25, 0.3) is 0 Å². The summed E-state index contributed by atoms with van der Waals surface area (Å²) in [5.74, 6) is 0.208. The molecule has 4 rings (SSSR count). The maximum atomic E-state index is 13.6. The molecule has 2 amide bonds. The fourth-order valence-electron chi connectivity index (χ4n) is 4.62. The molecule has 3 heterocycles. The summed E-state index contributed by atoms with van der Waals surface area (Å²) < 4.78 is 1.85. The summed E-state index contributed by atoms with van der Waals surface area (Å²) in [6.45, 7) is 2.96. The van der Waals surface area contributed by atoms with Crippen LogP contribution in [0.3, 0.4) is 0 Å². The minimum atomic E-state index is -0.611. The fraction of sp³-hybridized carbons (Fsp3) is 0.500. The SMILES string of the molecule is CN(C(=O)C1(n2cccn2)CCNCC1)C1CCN(C(=O)c2ccccc2)CC1.Cl. The molecule has 7 nitrogen and oxygen atoms in total. The van der Waals surface area contributed by atoms with E-state index in [0.717, 1.165) is 44.3 Å². The van der Waals surface area contributed by atoms with Crippen molar-refractivity contribution in [3.63, 3.8) is 0 Å². The zero-order valence-corrected chi connectivity index (χ0v) is 18.2. The van der Waals surface area contributed by atoms with Crippen molar-refractivity contribution in [3.05, 3.63) is 54.4 Å². The second-order valence-electron chi connectivity index (χ2n) is 8.04. The minimum absolute atomic E-state index is 0. The number of nitrogens with one attached hydrogen (secondary N) is 1. The number of nitrogens with zero attached hydrogens (tertiary/aromatic N) is 4. The number of hydrogen-bond donors (Lipinski definition) is 1. The second kappa shape index (κ2) is 9.62. The molecule has 2 saturated heterocycles. The molecule has 1 aromatic heterocycles. The van der Waals surface area contributed by atoms with E-state index in [2.05, 4.69) is 10.4 Å². The molecule has 1 N–H and O–H groups in total.